The summed E-state index contributed by atoms with van der Waals surface area (Å²) >= 11 is 0. The highest BCUT2D eigenvalue weighted by Gasteiger charge is 2.47. The molecule has 4 atom stereocenters. The quantitative estimate of drug-likeness (QED) is 0.898. The molecule has 126 valence electrons. The second-order valence-corrected chi connectivity index (χ2v) is 6.89. The summed E-state index contributed by atoms with van der Waals surface area (Å²) in [4.78, 5) is 12.7. The maximum atomic E-state index is 12.7. The van der Waals surface area contributed by atoms with Gasteiger partial charge in [-0.3, -0.25) is 4.79 Å². The first-order chi connectivity index (χ1) is 11.7. The molecule has 1 heterocycles. The van der Waals surface area contributed by atoms with Crippen molar-refractivity contribution in [3.8, 4) is 11.5 Å². The van der Waals surface area contributed by atoms with Crippen LogP contribution in [0.3, 0.4) is 0 Å². The van der Waals surface area contributed by atoms with Crippen molar-refractivity contribution in [3.63, 3.8) is 0 Å². The van der Waals surface area contributed by atoms with Crippen LogP contribution in [-0.4, -0.2) is 33.9 Å². The number of benzene rings is 1. The van der Waals surface area contributed by atoms with Crippen LogP contribution in [-0.2, 0) is 0 Å². The number of amides is 1. The van der Waals surface area contributed by atoms with Gasteiger partial charge in [-0.25, -0.2) is 0 Å². The Kier molecular flexibility index (Phi) is 3.84. The molecule has 2 fully saturated rings. The van der Waals surface area contributed by atoms with E-state index < -0.39 is 0 Å². The minimum Gasteiger partial charge on any atom is -0.421 e. The van der Waals surface area contributed by atoms with Crippen LogP contribution < -0.4 is 5.32 Å². The van der Waals surface area contributed by atoms with Gasteiger partial charge < -0.3 is 14.8 Å². The number of hydrogen-bond donors (Lipinski definition) is 2. The Morgan fingerprint density at radius 1 is 1.33 bits per heavy atom. The second kappa shape index (κ2) is 6.02. The first-order valence-electron chi connectivity index (χ1n) is 8.48. The minimum atomic E-state index is -0.107. The van der Waals surface area contributed by atoms with Gasteiger partial charge in [0.25, 0.3) is 5.91 Å². The molecule has 2 bridgehead atoms. The van der Waals surface area contributed by atoms with E-state index in [0.717, 1.165) is 18.4 Å². The Morgan fingerprint density at radius 3 is 2.92 bits per heavy atom. The summed E-state index contributed by atoms with van der Waals surface area (Å²) < 4.78 is 5.43. The molecule has 0 aliphatic heterocycles. The standard InChI is InChI=1S/C18H21N3O3/c1-10-20-21-18(24-10)14-4-2-3-13(8-14)17(23)19-16-12-6-5-11(7-12)15(16)9-22/h2-4,8,11-12,15-16,22H,5-7,9H2,1H3,(H,19,23). The molecule has 0 spiro atoms. The highest BCUT2D eigenvalue weighted by Crippen LogP contribution is 2.48. The molecule has 0 saturated heterocycles. The first-order valence-corrected chi connectivity index (χ1v) is 8.48. The predicted octanol–water partition coefficient (Wildman–Crippen LogP) is 2.18. The summed E-state index contributed by atoms with van der Waals surface area (Å²) in [6.07, 6.45) is 3.44. The Balaban J connectivity index is 1.53. The third-order valence-electron chi connectivity index (χ3n) is 5.49. The zero-order valence-corrected chi connectivity index (χ0v) is 13.6. The lowest BCUT2D eigenvalue weighted by Crippen LogP contribution is -2.45. The van der Waals surface area contributed by atoms with Crippen molar-refractivity contribution in [3.05, 3.63) is 35.7 Å². The van der Waals surface area contributed by atoms with Crippen LogP contribution in [0.1, 0.15) is 35.5 Å². The number of fused-ring (bicyclic) bond motifs is 2. The molecule has 2 aliphatic carbocycles. The molecule has 4 unspecified atom stereocenters. The van der Waals surface area contributed by atoms with E-state index in [9.17, 15) is 9.90 Å². The number of carbonyl (C=O) groups is 1. The van der Waals surface area contributed by atoms with Crippen LogP contribution in [0.4, 0.5) is 0 Å². The molecule has 2 aromatic rings. The lowest BCUT2D eigenvalue weighted by atomic mass is 9.85. The molecule has 2 aliphatic rings. The highest BCUT2D eigenvalue weighted by atomic mass is 16.4. The molecule has 1 aromatic carbocycles. The Hall–Kier alpha value is -2.21. The normalized spacial score (nSPS) is 28.2. The van der Waals surface area contributed by atoms with E-state index in [-0.39, 0.29) is 24.5 Å². The SMILES string of the molecule is Cc1nnc(-c2cccc(C(=O)NC3C4CCC(C4)C3CO)c2)o1. The Labute approximate surface area is 140 Å². The van der Waals surface area contributed by atoms with E-state index in [4.69, 9.17) is 4.42 Å². The zero-order chi connectivity index (χ0) is 16.7. The molecule has 6 nitrogen and oxygen atoms in total. The van der Waals surface area contributed by atoms with Gasteiger partial charge >= 0.3 is 0 Å². The van der Waals surface area contributed by atoms with Gasteiger partial charge in [0, 0.05) is 36.6 Å². The largest absolute Gasteiger partial charge is 0.421 e. The monoisotopic (exact) mass is 327 g/mol. The summed E-state index contributed by atoms with van der Waals surface area (Å²) in [7, 11) is 0. The van der Waals surface area contributed by atoms with Gasteiger partial charge in [0.05, 0.1) is 0 Å². The Morgan fingerprint density at radius 2 is 2.17 bits per heavy atom. The molecule has 2 N–H and O–H groups in total. The number of nitrogens with one attached hydrogen (secondary N) is 1. The molecule has 24 heavy (non-hydrogen) atoms. The molecule has 1 aromatic heterocycles. The predicted molar refractivity (Wildman–Crippen MR) is 87.1 cm³/mol. The lowest BCUT2D eigenvalue weighted by Gasteiger charge is -2.30. The average Bonchev–Trinajstić information content (AvgIpc) is 3.31. The molecule has 6 heteroatoms. The fourth-order valence-corrected chi connectivity index (χ4v) is 4.34. The maximum Gasteiger partial charge on any atom is 0.251 e. The van der Waals surface area contributed by atoms with Crippen molar-refractivity contribution in [2.75, 3.05) is 6.61 Å². The van der Waals surface area contributed by atoms with Crippen molar-refractivity contribution < 1.29 is 14.3 Å². The topological polar surface area (TPSA) is 88.2 Å². The van der Waals surface area contributed by atoms with Crippen LogP contribution in [0.15, 0.2) is 28.7 Å². The van der Waals surface area contributed by atoms with Crippen LogP contribution >= 0.6 is 0 Å². The number of hydrogen-bond acceptors (Lipinski definition) is 5. The lowest BCUT2D eigenvalue weighted by molar-refractivity contribution is 0.0861. The highest BCUT2D eigenvalue weighted by molar-refractivity contribution is 5.95. The number of rotatable bonds is 4. The summed E-state index contributed by atoms with van der Waals surface area (Å²) in [5.41, 5.74) is 1.30. The van der Waals surface area contributed by atoms with Crippen LogP contribution in [0.5, 0.6) is 0 Å². The van der Waals surface area contributed by atoms with Gasteiger partial charge in [-0.2, -0.15) is 0 Å². The molecule has 1 amide bonds. The molecule has 0 radical (unpaired) electrons. The smallest absolute Gasteiger partial charge is 0.251 e. The summed E-state index contributed by atoms with van der Waals surface area (Å²) in [6.45, 7) is 1.88. The van der Waals surface area contributed by atoms with E-state index in [0.29, 0.717) is 29.2 Å². The van der Waals surface area contributed by atoms with Crippen molar-refractivity contribution >= 4 is 5.91 Å². The summed E-state index contributed by atoms with van der Waals surface area (Å²) in [6, 6.07) is 7.29. The van der Waals surface area contributed by atoms with Crippen molar-refractivity contribution in [2.45, 2.75) is 32.2 Å². The number of nitrogens with zero attached hydrogens (tertiary/aromatic N) is 2. The van der Waals surface area contributed by atoms with Gasteiger partial charge in [0.15, 0.2) is 0 Å². The van der Waals surface area contributed by atoms with Gasteiger partial charge in [0.2, 0.25) is 11.8 Å². The maximum absolute atomic E-state index is 12.7. The van der Waals surface area contributed by atoms with E-state index in [1.807, 2.05) is 12.1 Å². The van der Waals surface area contributed by atoms with Gasteiger partial charge in [-0.05, 0) is 49.3 Å². The number of aliphatic hydroxyl groups excluding tert-OH is 1. The molecule has 4 rings (SSSR count). The average molecular weight is 327 g/mol. The van der Waals surface area contributed by atoms with E-state index in [2.05, 4.69) is 15.5 Å². The van der Waals surface area contributed by atoms with Gasteiger partial charge in [-0.1, -0.05) is 6.07 Å². The van der Waals surface area contributed by atoms with Gasteiger partial charge in [0.1, 0.15) is 0 Å². The van der Waals surface area contributed by atoms with Crippen molar-refractivity contribution in [1.82, 2.24) is 15.5 Å². The number of carbonyl (C=O) groups excluding carboxylic acids is 1. The van der Waals surface area contributed by atoms with Crippen molar-refractivity contribution in [2.24, 2.45) is 17.8 Å². The third-order valence-corrected chi connectivity index (χ3v) is 5.49. The van der Waals surface area contributed by atoms with Gasteiger partial charge in [-0.15, -0.1) is 10.2 Å². The minimum absolute atomic E-state index is 0.0792. The fourth-order valence-electron chi connectivity index (χ4n) is 4.34. The Bertz CT molecular complexity index is 757. The van der Waals surface area contributed by atoms with E-state index in [1.165, 1.54) is 6.42 Å². The fraction of sp³-hybridized carbons (Fsp3) is 0.500. The summed E-state index contributed by atoms with van der Waals surface area (Å²) in [5.74, 6) is 2.04. The second-order valence-electron chi connectivity index (χ2n) is 6.89. The van der Waals surface area contributed by atoms with Crippen molar-refractivity contribution in [1.29, 1.82) is 0 Å². The summed E-state index contributed by atoms with van der Waals surface area (Å²) in [5, 5.41) is 20.6. The van der Waals surface area contributed by atoms with Crippen LogP contribution in [0.25, 0.3) is 11.5 Å². The number of aryl methyl sites for hydroxylation is 1. The van der Waals surface area contributed by atoms with Crippen LogP contribution in [0, 0.1) is 24.7 Å². The zero-order valence-electron chi connectivity index (χ0n) is 13.6. The number of aromatic nitrogens is 2. The molecule has 2 saturated carbocycles. The molecular weight excluding hydrogens is 306 g/mol. The van der Waals surface area contributed by atoms with Crippen LogP contribution in [0.2, 0.25) is 0 Å². The number of aliphatic hydroxyl groups is 1. The molecular formula is C18H21N3O3. The van der Waals surface area contributed by atoms with E-state index in [1.54, 1.807) is 19.1 Å². The third kappa shape index (κ3) is 2.60. The van der Waals surface area contributed by atoms with E-state index >= 15 is 0 Å². The first kappa shape index (κ1) is 15.3.